The third-order valence-electron chi connectivity index (χ3n) is 3.37. The lowest BCUT2D eigenvalue weighted by Gasteiger charge is -2.14. The van der Waals surface area contributed by atoms with Gasteiger partial charge in [0.1, 0.15) is 11.5 Å². The number of ether oxygens (including phenoxy) is 2. The van der Waals surface area contributed by atoms with Crippen LogP contribution in [-0.2, 0) is 10.0 Å². The summed E-state index contributed by atoms with van der Waals surface area (Å²) in [5, 5.41) is 2.09. The smallest absolute Gasteiger partial charge is 0.387 e. The van der Waals surface area contributed by atoms with Crippen molar-refractivity contribution in [3.63, 3.8) is 0 Å². The van der Waals surface area contributed by atoms with Crippen LogP contribution in [0.4, 0.5) is 14.5 Å². The molecular weight excluding hydrogens is 406 g/mol. The Hall–Kier alpha value is -2.59. The van der Waals surface area contributed by atoms with Gasteiger partial charge in [0.05, 0.1) is 28.3 Å². The summed E-state index contributed by atoms with van der Waals surface area (Å²) in [4.78, 5) is 11.7. The summed E-state index contributed by atoms with van der Waals surface area (Å²) >= 11 is 5.80. The van der Waals surface area contributed by atoms with Crippen LogP contribution in [0.25, 0.3) is 0 Å². The van der Waals surface area contributed by atoms with E-state index in [1.54, 1.807) is 0 Å². The van der Waals surface area contributed by atoms with Gasteiger partial charge in [-0.1, -0.05) is 11.6 Å². The number of halogens is 3. The van der Waals surface area contributed by atoms with Gasteiger partial charge in [-0.25, -0.2) is 8.42 Å². The maximum atomic E-state index is 12.6. The molecule has 0 heterocycles. The van der Waals surface area contributed by atoms with Crippen molar-refractivity contribution >= 4 is 33.2 Å². The zero-order valence-corrected chi connectivity index (χ0v) is 15.7. The molecular formula is C16H15ClF2N2O5S. The van der Waals surface area contributed by atoms with Gasteiger partial charge in [0.15, 0.2) is 0 Å². The summed E-state index contributed by atoms with van der Waals surface area (Å²) in [6.07, 6.45) is 0. The quantitative estimate of drug-likeness (QED) is 0.717. The van der Waals surface area contributed by atoms with E-state index < -0.39 is 22.5 Å². The number of methoxy groups -OCH3 is 1. The largest absolute Gasteiger partial charge is 0.497 e. The molecule has 0 aliphatic carbocycles. The molecule has 0 fully saturated rings. The number of hydrogen-bond donors (Lipinski definition) is 2. The molecule has 7 nitrogen and oxygen atoms in total. The predicted octanol–water partition coefficient (Wildman–Crippen LogP) is 3.11. The number of amides is 1. The van der Waals surface area contributed by atoms with Gasteiger partial charge in [0.2, 0.25) is 0 Å². The monoisotopic (exact) mass is 420 g/mol. The number of benzene rings is 2. The van der Waals surface area contributed by atoms with Crippen LogP contribution in [0.5, 0.6) is 11.5 Å². The maximum absolute atomic E-state index is 12.6. The molecule has 2 N–H and O–H groups in total. The Labute approximate surface area is 159 Å². The minimum Gasteiger partial charge on any atom is -0.497 e. The molecule has 0 bridgehead atoms. The highest BCUT2D eigenvalue weighted by Crippen LogP contribution is 2.30. The second kappa shape index (κ2) is 8.40. The van der Waals surface area contributed by atoms with E-state index in [1.807, 2.05) is 0 Å². The molecule has 0 unspecified atom stereocenters. The number of nitrogens with one attached hydrogen (secondary N) is 2. The number of rotatable bonds is 7. The second-order valence-corrected chi connectivity index (χ2v) is 7.16. The fourth-order valence-electron chi connectivity index (χ4n) is 2.11. The molecule has 0 spiro atoms. The van der Waals surface area contributed by atoms with Crippen LogP contribution < -0.4 is 19.5 Å². The molecule has 1 amide bonds. The molecule has 0 saturated heterocycles. The van der Waals surface area contributed by atoms with E-state index in [0.717, 1.165) is 18.2 Å². The van der Waals surface area contributed by atoms with Crippen molar-refractivity contribution < 1.29 is 31.5 Å². The summed E-state index contributed by atoms with van der Waals surface area (Å²) in [5.74, 6) is -0.542. The van der Waals surface area contributed by atoms with E-state index in [9.17, 15) is 22.0 Å². The Kier molecular flexibility index (Phi) is 6.45. The van der Waals surface area contributed by atoms with Crippen LogP contribution in [0, 0.1) is 0 Å². The van der Waals surface area contributed by atoms with E-state index in [2.05, 4.69) is 14.8 Å². The molecule has 11 heteroatoms. The van der Waals surface area contributed by atoms with Crippen molar-refractivity contribution in [1.29, 1.82) is 0 Å². The van der Waals surface area contributed by atoms with Crippen molar-refractivity contribution in [2.24, 2.45) is 0 Å². The summed E-state index contributed by atoms with van der Waals surface area (Å²) in [6, 6.07) is 7.22. The van der Waals surface area contributed by atoms with E-state index in [0.29, 0.717) is 5.75 Å². The Balaban J connectivity index is 2.39. The predicted molar refractivity (Wildman–Crippen MR) is 95.3 cm³/mol. The number of carbonyl (C=O) groups is 1. The van der Waals surface area contributed by atoms with Crippen molar-refractivity contribution in [1.82, 2.24) is 5.32 Å². The van der Waals surface area contributed by atoms with E-state index in [4.69, 9.17) is 16.3 Å². The molecule has 2 aromatic carbocycles. The zero-order chi connectivity index (χ0) is 20.2. The van der Waals surface area contributed by atoms with Gasteiger partial charge in [-0.2, -0.15) is 8.78 Å². The van der Waals surface area contributed by atoms with Gasteiger partial charge in [-0.15, -0.1) is 0 Å². The van der Waals surface area contributed by atoms with Gasteiger partial charge in [-0.05, 0) is 36.4 Å². The molecule has 0 aliphatic rings. The molecule has 2 aromatic rings. The average Bonchev–Trinajstić information content (AvgIpc) is 2.62. The summed E-state index contributed by atoms with van der Waals surface area (Å²) in [5.41, 5.74) is 0.0309. The van der Waals surface area contributed by atoms with Crippen LogP contribution >= 0.6 is 11.6 Å². The first-order valence-corrected chi connectivity index (χ1v) is 9.21. The highest BCUT2D eigenvalue weighted by Gasteiger charge is 2.21. The molecule has 0 radical (unpaired) electrons. The third-order valence-corrected chi connectivity index (χ3v) is 5.03. The number of hydrogen-bond acceptors (Lipinski definition) is 5. The molecule has 146 valence electrons. The molecule has 2 rings (SSSR count). The minimum atomic E-state index is -4.16. The first kappa shape index (κ1) is 20.7. The lowest BCUT2D eigenvalue weighted by molar-refractivity contribution is -0.0498. The number of carbonyl (C=O) groups excluding carboxylic acids is 1. The lowest BCUT2D eigenvalue weighted by atomic mass is 10.1. The normalized spacial score (nSPS) is 11.2. The van der Waals surface area contributed by atoms with Crippen molar-refractivity contribution in [2.75, 3.05) is 18.9 Å². The van der Waals surface area contributed by atoms with Crippen LogP contribution in [0.3, 0.4) is 0 Å². The van der Waals surface area contributed by atoms with Crippen molar-refractivity contribution in [3.8, 4) is 11.5 Å². The first-order chi connectivity index (χ1) is 12.7. The Morgan fingerprint density at radius 2 is 1.89 bits per heavy atom. The van der Waals surface area contributed by atoms with Crippen LogP contribution in [0.15, 0.2) is 41.3 Å². The van der Waals surface area contributed by atoms with E-state index in [-0.39, 0.29) is 26.9 Å². The molecule has 0 saturated carbocycles. The van der Waals surface area contributed by atoms with Crippen LogP contribution in [0.2, 0.25) is 5.02 Å². The third kappa shape index (κ3) is 4.98. The zero-order valence-electron chi connectivity index (χ0n) is 14.1. The van der Waals surface area contributed by atoms with Gasteiger partial charge < -0.3 is 14.8 Å². The fraction of sp³-hybridized carbons (Fsp3) is 0.188. The van der Waals surface area contributed by atoms with Gasteiger partial charge in [-0.3, -0.25) is 9.52 Å². The van der Waals surface area contributed by atoms with Gasteiger partial charge >= 0.3 is 6.61 Å². The van der Waals surface area contributed by atoms with Crippen molar-refractivity contribution in [2.45, 2.75) is 11.5 Å². The number of anilines is 1. The second-order valence-electron chi connectivity index (χ2n) is 5.07. The Bertz CT molecular complexity index is 954. The Morgan fingerprint density at radius 1 is 1.19 bits per heavy atom. The average molecular weight is 421 g/mol. The number of sulfonamides is 1. The highest BCUT2D eigenvalue weighted by atomic mass is 35.5. The van der Waals surface area contributed by atoms with E-state index >= 15 is 0 Å². The van der Waals surface area contributed by atoms with Crippen LogP contribution in [-0.4, -0.2) is 35.1 Å². The topological polar surface area (TPSA) is 93.7 Å². The van der Waals surface area contributed by atoms with Crippen molar-refractivity contribution in [3.05, 3.63) is 47.0 Å². The standard InChI is InChI=1S/C16H15ClF2N2O5S/c1-20-15(22)11-7-9(25-2)3-5-13(11)21-27(23,24)10-4-6-14(12(17)8-10)26-16(18)19/h3-8,16,21H,1-2H3,(H,20,22). The maximum Gasteiger partial charge on any atom is 0.387 e. The summed E-state index contributed by atoms with van der Waals surface area (Å²) < 4.78 is 61.2. The first-order valence-electron chi connectivity index (χ1n) is 7.35. The SMILES string of the molecule is CNC(=O)c1cc(OC)ccc1NS(=O)(=O)c1ccc(OC(F)F)c(Cl)c1. The number of alkyl halides is 2. The van der Waals surface area contributed by atoms with Gasteiger partial charge in [0, 0.05) is 7.05 Å². The van der Waals surface area contributed by atoms with Crippen LogP contribution in [0.1, 0.15) is 10.4 Å². The van der Waals surface area contributed by atoms with Gasteiger partial charge in [0.25, 0.3) is 15.9 Å². The Morgan fingerprint density at radius 3 is 2.44 bits per heavy atom. The van der Waals surface area contributed by atoms with E-state index in [1.165, 1.54) is 32.4 Å². The molecule has 27 heavy (non-hydrogen) atoms. The minimum absolute atomic E-state index is 0.000760. The molecule has 0 aliphatic heterocycles. The summed E-state index contributed by atoms with van der Waals surface area (Å²) in [7, 11) is -1.37. The molecule has 0 atom stereocenters. The molecule has 0 aromatic heterocycles. The lowest BCUT2D eigenvalue weighted by Crippen LogP contribution is -2.22. The summed E-state index contributed by atoms with van der Waals surface area (Å²) in [6.45, 7) is -3.10. The fourth-order valence-corrected chi connectivity index (χ4v) is 3.50. The highest BCUT2D eigenvalue weighted by molar-refractivity contribution is 7.92.